The molecule has 8 nitrogen and oxygen atoms in total. The molecule has 1 amide bonds. The van der Waals surface area contributed by atoms with Gasteiger partial charge < -0.3 is 19.3 Å². The van der Waals surface area contributed by atoms with Crippen molar-refractivity contribution in [2.24, 2.45) is 5.92 Å². The first kappa shape index (κ1) is 19.9. The number of hydrogen-bond acceptors (Lipinski definition) is 6. The Labute approximate surface area is 185 Å². The maximum absolute atomic E-state index is 12.3. The van der Waals surface area contributed by atoms with Crippen LogP contribution in [-0.4, -0.2) is 65.6 Å². The quantitative estimate of drug-likeness (QED) is 0.605. The first-order valence-electron chi connectivity index (χ1n) is 10.4. The van der Waals surface area contributed by atoms with Crippen molar-refractivity contribution in [3.05, 3.63) is 35.6 Å². The zero-order valence-corrected chi connectivity index (χ0v) is 18.3. The summed E-state index contributed by atoms with van der Waals surface area (Å²) < 4.78 is 12.7. The number of imidazole rings is 1. The topological polar surface area (TPSA) is 72.2 Å². The molecule has 31 heavy (non-hydrogen) atoms. The number of halogens is 1. The van der Waals surface area contributed by atoms with E-state index in [0.29, 0.717) is 33.9 Å². The smallest absolute Gasteiger partial charge is 0.236 e. The molecule has 2 aliphatic rings. The number of piperazine rings is 1. The van der Waals surface area contributed by atoms with Gasteiger partial charge in [0.25, 0.3) is 0 Å². The van der Waals surface area contributed by atoms with Gasteiger partial charge in [-0.15, -0.1) is 0 Å². The molecule has 1 saturated heterocycles. The number of ether oxygens (including phenoxy) is 2. The molecule has 1 saturated carbocycles. The van der Waals surface area contributed by atoms with Gasteiger partial charge in [-0.05, 0) is 25.0 Å². The Bertz CT molecular complexity index is 1140. The van der Waals surface area contributed by atoms with Gasteiger partial charge in [0, 0.05) is 56.1 Å². The molecule has 162 valence electrons. The molecule has 0 N–H and O–H groups in total. The number of aromatic nitrogens is 3. The zero-order chi connectivity index (χ0) is 21.5. The largest absolute Gasteiger partial charge is 0.496 e. The van der Waals surface area contributed by atoms with Crippen LogP contribution in [0.3, 0.4) is 0 Å². The highest BCUT2D eigenvalue weighted by molar-refractivity contribution is 6.32. The van der Waals surface area contributed by atoms with E-state index in [1.165, 1.54) is 0 Å². The lowest BCUT2D eigenvalue weighted by atomic mass is 10.1. The van der Waals surface area contributed by atoms with Crippen LogP contribution in [0.2, 0.25) is 5.02 Å². The van der Waals surface area contributed by atoms with E-state index in [4.69, 9.17) is 31.0 Å². The highest BCUT2D eigenvalue weighted by Gasteiger charge is 2.34. The van der Waals surface area contributed by atoms with Crippen LogP contribution in [-0.2, 0) is 4.79 Å². The van der Waals surface area contributed by atoms with E-state index in [1.807, 2.05) is 27.8 Å². The number of rotatable bonds is 5. The van der Waals surface area contributed by atoms with Crippen LogP contribution in [0.4, 0.5) is 5.82 Å². The fraction of sp³-hybridized carbons (Fsp3) is 0.409. The van der Waals surface area contributed by atoms with E-state index in [2.05, 4.69) is 4.90 Å². The third-order valence-corrected chi connectivity index (χ3v) is 6.20. The summed E-state index contributed by atoms with van der Waals surface area (Å²) in [5.41, 5.74) is 1.48. The number of anilines is 1. The van der Waals surface area contributed by atoms with Crippen molar-refractivity contribution in [3.63, 3.8) is 0 Å². The first-order valence-corrected chi connectivity index (χ1v) is 10.8. The van der Waals surface area contributed by atoms with Crippen LogP contribution in [0.25, 0.3) is 17.0 Å². The Morgan fingerprint density at radius 1 is 1.06 bits per heavy atom. The number of methoxy groups -OCH3 is 2. The summed E-state index contributed by atoms with van der Waals surface area (Å²) in [6, 6.07) is 5.52. The number of nitrogens with zero attached hydrogens (tertiary/aromatic N) is 5. The van der Waals surface area contributed by atoms with Crippen LogP contribution in [0.1, 0.15) is 12.8 Å². The maximum Gasteiger partial charge on any atom is 0.236 e. The predicted molar refractivity (Wildman–Crippen MR) is 118 cm³/mol. The van der Waals surface area contributed by atoms with Crippen LogP contribution >= 0.6 is 11.6 Å². The van der Waals surface area contributed by atoms with Crippen molar-refractivity contribution in [1.29, 1.82) is 0 Å². The number of hydrogen-bond donors (Lipinski definition) is 0. The fourth-order valence-electron chi connectivity index (χ4n) is 3.97. The molecule has 2 fully saturated rings. The molecule has 3 aromatic rings. The van der Waals surface area contributed by atoms with Gasteiger partial charge >= 0.3 is 0 Å². The first-order chi connectivity index (χ1) is 15.1. The molecule has 1 aliphatic heterocycles. The molecule has 0 atom stereocenters. The summed E-state index contributed by atoms with van der Waals surface area (Å²) in [5.74, 6) is 3.22. The van der Waals surface area contributed by atoms with Crippen molar-refractivity contribution in [3.8, 4) is 22.8 Å². The molecule has 0 radical (unpaired) electrons. The Kier molecular flexibility index (Phi) is 5.09. The van der Waals surface area contributed by atoms with Gasteiger partial charge in [0.15, 0.2) is 0 Å². The third kappa shape index (κ3) is 3.76. The van der Waals surface area contributed by atoms with Crippen LogP contribution < -0.4 is 14.4 Å². The minimum absolute atomic E-state index is 0.271. The van der Waals surface area contributed by atoms with Gasteiger partial charge in [0.05, 0.1) is 24.9 Å². The van der Waals surface area contributed by atoms with E-state index >= 15 is 0 Å². The summed E-state index contributed by atoms with van der Waals surface area (Å²) in [7, 11) is 3.17. The second kappa shape index (κ2) is 7.92. The SMILES string of the molecule is COc1cc(OC)c(-c2cn3ccc(N4CCN(C(=O)C5CC5)CC4)nc3n2)cc1Cl. The lowest BCUT2D eigenvalue weighted by Crippen LogP contribution is -2.49. The molecular weight excluding hydrogens is 418 g/mol. The van der Waals surface area contributed by atoms with E-state index < -0.39 is 0 Å². The van der Waals surface area contributed by atoms with Gasteiger partial charge in [-0.2, -0.15) is 4.98 Å². The molecule has 0 unspecified atom stereocenters. The van der Waals surface area contributed by atoms with Gasteiger partial charge in [0.1, 0.15) is 17.3 Å². The molecule has 3 heterocycles. The highest BCUT2D eigenvalue weighted by Crippen LogP contribution is 2.38. The average molecular weight is 442 g/mol. The van der Waals surface area contributed by atoms with Gasteiger partial charge in [-0.3, -0.25) is 9.20 Å². The lowest BCUT2D eigenvalue weighted by Gasteiger charge is -2.35. The Hall–Kier alpha value is -3.00. The molecule has 0 bridgehead atoms. The molecule has 2 aromatic heterocycles. The van der Waals surface area contributed by atoms with Crippen molar-refractivity contribution in [2.75, 3.05) is 45.3 Å². The summed E-state index contributed by atoms with van der Waals surface area (Å²) in [6.07, 6.45) is 5.94. The fourth-order valence-corrected chi connectivity index (χ4v) is 4.21. The van der Waals surface area contributed by atoms with Gasteiger partial charge in [0.2, 0.25) is 11.7 Å². The van der Waals surface area contributed by atoms with Crippen molar-refractivity contribution in [2.45, 2.75) is 12.8 Å². The number of benzene rings is 1. The monoisotopic (exact) mass is 441 g/mol. The summed E-state index contributed by atoms with van der Waals surface area (Å²) in [5, 5.41) is 0.489. The highest BCUT2D eigenvalue weighted by atomic mass is 35.5. The zero-order valence-electron chi connectivity index (χ0n) is 17.5. The molecule has 9 heteroatoms. The minimum Gasteiger partial charge on any atom is -0.496 e. The average Bonchev–Trinajstić information content (AvgIpc) is 3.56. The summed E-state index contributed by atoms with van der Waals surface area (Å²) in [4.78, 5) is 25.9. The Balaban J connectivity index is 1.39. The standard InChI is InChI=1S/C22H24ClN5O3/c1-30-18-12-19(31-2)16(23)11-15(18)17-13-28-6-5-20(25-22(28)24-17)26-7-9-27(10-8-26)21(29)14-3-4-14/h5-6,11-14H,3-4,7-10H2,1-2H3. The lowest BCUT2D eigenvalue weighted by molar-refractivity contribution is -0.132. The van der Waals surface area contributed by atoms with Crippen molar-refractivity contribution >= 4 is 29.1 Å². The van der Waals surface area contributed by atoms with Gasteiger partial charge in [-0.25, -0.2) is 4.98 Å². The summed E-state index contributed by atoms with van der Waals surface area (Å²) in [6.45, 7) is 3.03. The molecule has 5 rings (SSSR count). The molecule has 0 spiro atoms. The van der Waals surface area contributed by atoms with Crippen LogP contribution in [0, 0.1) is 5.92 Å². The second-order valence-corrected chi connectivity index (χ2v) is 8.30. The van der Waals surface area contributed by atoms with E-state index in [-0.39, 0.29) is 5.92 Å². The third-order valence-electron chi connectivity index (χ3n) is 5.90. The summed E-state index contributed by atoms with van der Waals surface area (Å²) >= 11 is 6.33. The Morgan fingerprint density at radius 3 is 2.48 bits per heavy atom. The maximum atomic E-state index is 12.3. The van der Waals surface area contributed by atoms with Crippen LogP contribution in [0.15, 0.2) is 30.6 Å². The van der Waals surface area contributed by atoms with E-state index in [9.17, 15) is 4.79 Å². The molecule has 1 aromatic carbocycles. The number of amides is 1. The molecule has 1 aliphatic carbocycles. The van der Waals surface area contributed by atoms with E-state index in [0.717, 1.165) is 50.4 Å². The van der Waals surface area contributed by atoms with Crippen molar-refractivity contribution in [1.82, 2.24) is 19.3 Å². The predicted octanol–water partition coefficient (Wildman–Crippen LogP) is 3.13. The normalized spacial score (nSPS) is 16.6. The van der Waals surface area contributed by atoms with Gasteiger partial charge in [-0.1, -0.05) is 11.6 Å². The number of carbonyl (C=O) groups is 1. The molecular formula is C22H24ClN5O3. The van der Waals surface area contributed by atoms with E-state index in [1.54, 1.807) is 26.4 Å². The second-order valence-electron chi connectivity index (χ2n) is 7.89. The van der Waals surface area contributed by atoms with Crippen molar-refractivity contribution < 1.29 is 14.3 Å². The minimum atomic E-state index is 0.271. The number of fused-ring (bicyclic) bond motifs is 1. The number of carbonyl (C=O) groups excluding carboxylic acids is 1. The Morgan fingerprint density at radius 2 is 1.81 bits per heavy atom. The van der Waals surface area contributed by atoms with Crippen LogP contribution in [0.5, 0.6) is 11.5 Å².